The Hall–Kier alpha value is -2.67. The first-order valence-electron chi connectivity index (χ1n) is 7.40. The lowest BCUT2D eigenvalue weighted by Gasteiger charge is -2.09. The fraction of sp³-hybridized carbons (Fsp3) is 0.176. The minimum absolute atomic E-state index is 0.142. The lowest BCUT2D eigenvalue weighted by molar-refractivity contribution is 0.102. The average molecular weight is 339 g/mol. The summed E-state index contributed by atoms with van der Waals surface area (Å²) in [6.07, 6.45) is 1.91. The second-order valence-electron chi connectivity index (χ2n) is 5.38. The van der Waals surface area contributed by atoms with Crippen molar-refractivity contribution in [2.75, 3.05) is 11.6 Å². The zero-order valence-electron chi connectivity index (χ0n) is 13.6. The van der Waals surface area contributed by atoms with E-state index in [0.29, 0.717) is 16.4 Å². The van der Waals surface area contributed by atoms with Crippen LogP contribution in [0.1, 0.15) is 21.5 Å². The van der Waals surface area contributed by atoms with Crippen molar-refractivity contribution in [3.8, 4) is 5.69 Å². The van der Waals surface area contributed by atoms with Gasteiger partial charge in [0, 0.05) is 11.3 Å². The van der Waals surface area contributed by atoms with E-state index in [4.69, 9.17) is 0 Å². The first-order valence-corrected chi connectivity index (χ1v) is 8.62. The minimum Gasteiger partial charge on any atom is -0.322 e. The van der Waals surface area contributed by atoms with E-state index in [1.54, 1.807) is 4.68 Å². The third kappa shape index (κ3) is 3.30. The molecule has 0 saturated carbocycles. The van der Waals surface area contributed by atoms with Crippen LogP contribution in [0.25, 0.3) is 5.69 Å². The van der Waals surface area contributed by atoms with Crippen molar-refractivity contribution in [3.05, 3.63) is 59.2 Å². The Morgan fingerprint density at radius 1 is 1.12 bits per heavy atom. The Labute approximate surface area is 144 Å². The van der Waals surface area contributed by atoms with Crippen LogP contribution in [0.2, 0.25) is 0 Å². The predicted molar refractivity (Wildman–Crippen MR) is 94.8 cm³/mol. The molecule has 0 aliphatic rings. The molecule has 3 aromatic rings. The number of benzene rings is 2. The number of thioether (sulfide) groups is 1. The molecule has 0 aliphatic heterocycles. The van der Waals surface area contributed by atoms with Crippen LogP contribution in [0.4, 0.5) is 5.69 Å². The van der Waals surface area contributed by atoms with Crippen molar-refractivity contribution in [2.45, 2.75) is 19.0 Å². The monoisotopic (exact) mass is 339 g/mol. The molecule has 7 heteroatoms. The number of carbonyl (C=O) groups excluding carboxylic acids is 1. The average Bonchev–Trinajstić information content (AvgIpc) is 3.06. The van der Waals surface area contributed by atoms with Gasteiger partial charge in [-0.1, -0.05) is 23.9 Å². The Morgan fingerprint density at radius 3 is 2.71 bits per heavy atom. The molecule has 0 aliphatic carbocycles. The molecule has 2 aromatic carbocycles. The van der Waals surface area contributed by atoms with E-state index in [0.717, 1.165) is 16.8 Å². The maximum absolute atomic E-state index is 12.4. The molecule has 3 rings (SSSR count). The standard InChI is InChI=1S/C17H17N5OS/c1-11-7-8-13(9-12(11)2)16(23)18-14-5-4-6-15(10-14)22-17(24-3)19-20-21-22/h4-10H,1-3H3,(H,18,23). The Bertz CT molecular complexity index is 890. The number of amides is 1. The van der Waals surface area contributed by atoms with Gasteiger partial charge in [-0.3, -0.25) is 4.79 Å². The maximum Gasteiger partial charge on any atom is 0.255 e. The summed E-state index contributed by atoms with van der Waals surface area (Å²) in [5, 5.41) is 15.2. The first kappa shape index (κ1) is 16.2. The van der Waals surface area contributed by atoms with Crippen molar-refractivity contribution in [1.29, 1.82) is 0 Å². The summed E-state index contributed by atoms with van der Waals surface area (Å²) < 4.78 is 1.64. The number of aromatic nitrogens is 4. The van der Waals surface area contributed by atoms with Gasteiger partial charge in [0.25, 0.3) is 5.91 Å². The molecule has 0 saturated heterocycles. The van der Waals surface area contributed by atoms with Gasteiger partial charge in [0.05, 0.1) is 5.69 Å². The van der Waals surface area contributed by atoms with Crippen molar-refractivity contribution in [3.63, 3.8) is 0 Å². The lowest BCUT2D eigenvalue weighted by atomic mass is 10.1. The lowest BCUT2D eigenvalue weighted by Crippen LogP contribution is -2.12. The quantitative estimate of drug-likeness (QED) is 0.739. The molecular weight excluding hydrogens is 322 g/mol. The van der Waals surface area contributed by atoms with Gasteiger partial charge in [-0.25, -0.2) is 0 Å². The van der Waals surface area contributed by atoms with Gasteiger partial charge in [0.2, 0.25) is 5.16 Å². The Balaban J connectivity index is 1.84. The number of nitrogens with one attached hydrogen (secondary N) is 1. The fourth-order valence-electron chi connectivity index (χ4n) is 2.27. The van der Waals surface area contributed by atoms with E-state index >= 15 is 0 Å². The highest BCUT2D eigenvalue weighted by atomic mass is 32.2. The van der Waals surface area contributed by atoms with Crippen LogP contribution in [0.5, 0.6) is 0 Å². The smallest absolute Gasteiger partial charge is 0.255 e. The maximum atomic E-state index is 12.4. The normalized spacial score (nSPS) is 10.6. The van der Waals surface area contributed by atoms with Crippen molar-refractivity contribution in [2.24, 2.45) is 0 Å². The van der Waals surface area contributed by atoms with E-state index in [2.05, 4.69) is 20.8 Å². The number of hydrogen-bond acceptors (Lipinski definition) is 5. The topological polar surface area (TPSA) is 72.7 Å². The number of tetrazole rings is 1. The summed E-state index contributed by atoms with van der Waals surface area (Å²) in [6, 6.07) is 13.1. The summed E-state index contributed by atoms with van der Waals surface area (Å²) in [7, 11) is 0. The highest BCUT2D eigenvalue weighted by Crippen LogP contribution is 2.19. The molecule has 1 amide bonds. The van der Waals surface area contributed by atoms with E-state index < -0.39 is 0 Å². The van der Waals surface area contributed by atoms with E-state index in [9.17, 15) is 4.79 Å². The van der Waals surface area contributed by atoms with Crippen LogP contribution in [-0.2, 0) is 0 Å². The number of hydrogen-bond donors (Lipinski definition) is 1. The molecule has 0 spiro atoms. The van der Waals surface area contributed by atoms with Gasteiger partial charge < -0.3 is 5.32 Å². The second-order valence-corrected chi connectivity index (χ2v) is 6.15. The molecular formula is C17H17N5OS. The highest BCUT2D eigenvalue weighted by Gasteiger charge is 2.10. The number of anilines is 1. The van der Waals surface area contributed by atoms with E-state index in [-0.39, 0.29) is 5.91 Å². The van der Waals surface area contributed by atoms with Crippen LogP contribution in [0.3, 0.4) is 0 Å². The van der Waals surface area contributed by atoms with Gasteiger partial charge in [-0.05, 0) is 72.0 Å². The molecule has 122 valence electrons. The highest BCUT2D eigenvalue weighted by molar-refractivity contribution is 7.98. The van der Waals surface area contributed by atoms with Crippen molar-refractivity contribution in [1.82, 2.24) is 20.2 Å². The van der Waals surface area contributed by atoms with Crippen molar-refractivity contribution >= 4 is 23.4 Å². The first-order chi connectivity index (χ1) is 11.6. The second kappa shape index (κ2) is 6.84. The van der Waals surface area contributed by atoms with Gasteiger partial charge >= 0.3 is 0 Å². The van der Waals surface area contributed by atoms with E-state index in [1.807, 2.05) is 62.6 Å². The number of nitrogens with zero attached hydrogens (tertiary/aromatic N) is 4. The summed E-state index contributed by atoms with van der Waals surface area (Å²) in [5.74, 6) is -0.142. The number of rotatable bonds is 4. The molecule has 0 atom stereocenters. The molecule has 0 bridgehead atoms. The summed E-state index contributed by atoms with van der Waals surface area (Å²) >= 11 is 1.46. The summed E-state index contributed by atoms with van der Waals surface area (Å²) in [4.78, 5) is 12.4. The van der Waals surface area contributed by atoms with Crippen LogP contribution in [0.15, 0.2) is 47.6 Å². The largest absolute Gasteiger partial charge is 0.322 e. The summed E-state index contributed by atoms with van der Waals surface area (Å²) in [5.41, 5.74) is 4.38. The number of aryl methyl sites for hydroxylation is 2. The molecule has 0 fully saturated rings. The predicted octanol–water partition coefficient (Wildman–Crippen LogP) is 3.25. The molecule has 1 aromatic heterocycles. The Kier molecular flexibility index (Phi) is 4.61. The Morgan fingerprint density at radius 2 is 1.96 bits per heavy atom. The fourth-order valence-corrected chi connectivity index (χ4v) is 2.70. The molecule has 0 radical (unpaired) electrons. The van der Waals surface area contributed by atoms with Gasteiger partial charge in [0.1, 0.15) is 0 Å². The van der Waals surface area contributed by atoms with E-state index in [1.165, 1.54) is 11.8 Å². The molecule has 1 N–H and O–H groups in total. The molecule has 24 heavy (non-hydrogen) atoms. The van der Waals surface area contributed by atoms with Crippen LogP contribution >= 0.6 is 11.8 Å². The third-order valence-electron chi connectivity index (χ3n) is 3.74. The molecule has 6 nitrogen and oxygen atoms in total. The number of carbonyl (C=O) groups is 1. The molecule has 0 unspecified atom stereocenters. The SMILES string of the molecule is CSc1nnnn1-c1cccc(NC(=O)c2ccc(C)c(C)c2)c1. The third-order valence-corrected chi connectivity index (χ3v) is 4.36. The van der Waals surface area contributed by atoms with Crippen LogP contribution in [0, 0.1) is 13.8 Å². The van der Waals surface area contributed by atoms with Gasteiger partial charge in [-0.15, -0.1) is 5.10 Å². The summed E-state index contributed by atoms with van der Waals surface area (Å²) in [6.45, 7) is 4.02. The van der Waals surface area contributed by atoms with Gasteiger partial charge in [0.15, 0.2) is 0 Å². The zero-order chi connectivity index (χ0) is 17.1. The van der Waals surface area contributed by atoms with Crippen molar-refractivity contribution < 1.29 is 4.79 Å². The zero-order valence-corrected chi connectivity index (χ0v) is 14.5. The minimum atomic E-state index is -0.142. The van der Waals surface area contributed by atoms with Crippen LogP contribution < -0.4 is 5.32 Å². The van der Waals surface area contributed by atoms with Crippen LogP contribution in [-0.4, -0.2) is 32.4 Å². The molecule has 1 heterocycles. The van der Waals surface area contributed by atoms with Gasteiger partial charge in [-0.2, -0.15) is 4.68 Å².